The second-order valence-corrected chi connectivity index (χ2v) is 3.77. The molecule has 0 aliphatic rings. The first-order chi connectivity index (χ1) is 7.63. The van der Waals surface area contributed by atoms with Crippen LogP contribution >= 0.6 is 11.6 Å². The first kappa shape index (κ1) is 12.5. The molecule has 0 saturated heterocycles. The van der Waals surface area contributed by atoms with Gasteiger partial charge >= 0.3 is 0 Å². The third-order valence-electron chi connectivity index (χ3n) is 2.00. The largest absolute Gasteiger partial charge is 0.322 e. The Morgan fingerprint density at radius 2 is 2.12 bits per heavy atom. The van der Waals surface area contributed by atoms with Crippen molar-refractivity contribution in [2.75, 3.05) is 5.32 Å². The molecule has 0 bridgehead atoms. The number of allylic oxidation sites excluding steroid dienone is 3. The molecule has 0 aliphatic carbocycles. The molecule has 0 unspecified atom stereocenters. The summed E-state index contributed by atoms with van der Waals surface area (Å²) in [6.07, 6.45) is 6.83. The van der Waals surface area contributed by atoms with Crippen LogP contribution in [0.2, 0.25) is 5.02 Å². The standard InChI is InChI=1S/C13H14ClNO/c1-3-4-5-6-13(16)15-12-8-7-11(14)9-10(12)2/h3-9H,1-2H3,(H,15,16)/b4-3+,6-5+. The fraction of sp³-hybridized carbons (Fsp3) is 0.154. The first-order valence-corrected chi connectivity index (χ1v) is 5.38. The summed E-state index contributed by atoms with van der Waals surface area (Å²) in [5, 5.41) is 3.44. The fourth-order valence-corrected chi connectivity index (χ4v) is 1.42. The van der Waals surface area contributed by atoms with Gasteiger partial charge in [-0.15, -0.1) is 0 Å². The van der Waals surface area contributed by atoms with E-state index in [-0.39, 0.29) is 5.91 Å². The molecule has 1 amide bonds. The van der Waals surface area contributed by atoms with Crippen LogP contribution in [-0.4, -0.2) is 5.91 Å². The molecule has 1 aromatic carbocycles. The van der Waals surface area contributed by atoms with E-state index < -0.39 is 0 Å². The third-order valence-corrected chi connectivity index (χ3v) is 2.23. The lowest BCUT2D eigenvalue weighted by molar-refractivity contribution is -0.111. The fourth-order valence-electron chi connectivity index (χ4n) is 1.20. The van der Waals surface area contributed by atoms with E-state index in [0.29, 0.717) is 5.02 Å². The molecular formula is C13H14ClNO. The SMILES string of the molecule is C/C=C/C=C/C(=O)Nc1ccc(Cl)cc1C. The van der Waals surface area contributed by atoms with E-state index in [0.717, 1.165) is 11.3 Å². The summed E-state index contributed by atoms with van der Waals surface area (Å²) in [6, 6.07) is 5.35. The van der Waals surface area contributed by atoms with Crippen molar-refractivity contribution in [3.63, 3.8) is 0 Å². The van der Waals surface area contributed by atoms with E-state index in [1.54, 1.807) is 24.3 Å². The third kappa shape index (κ3) is 3.91. The number of carbonyl (C=O) groups excluding carboxylic acids is 1. The zero-order valence-electron chi connectivity index (χ0n) is 9.33. The smallest absolute Gasteiger partial charge is 0.248 e. The molecule has 1 N–H and O–H groups in total. The van der Waals surface area contributed by atoms with Gasteiger partial charge in [-0.1, -0.05) is 29.8 Å². The van der Waals surface area contributed by atoms with Crippen LogP contribution in [0, 0.1) is 6.92 Å². The lowest BCUT2D eigenvalue weighted by Crippen LogP contribution is -2.08. The Kier molecular flexibility index (Phi) is 4.80. The summed E-state index contributed by atoms with van der Waals surface area (Å²) in [6.45, 7) is 3.79. The number of anilines is 1. The average Bonchev–Trinajstić information content (AvgIpc) is 2.23. The quantitative estimate of drug-likeness (QED) is 0.628. The van der Waals surface area contributed by atoms with Gasteiger partial charge in [0, 0.05) is 16.8 Å². The maximum Gasteiger partial charge on any atom is 0.248 e. The highest BCUT2D eigenvalue weighted by atomic mass is 35.5. The summed E-state index contributed by atoms with van der Waals surface area (Å²) in [5.41, 5.74) is 1.72. The molecule has 0 atom stereocenters. The number of nitrogens with one attached hydrogen (secondary N) is 1. The van der Waals surface area contributed by atoms with Gasteiger partial charge < -0.3 is 5.32 Å². The van der Waals surface area contributed by atoms with Crippen molar-refractivity contribution < 1.29 is 4.79 Å². The summed E-state index contributed by atoms with van der Waals surface area (Å²) in [5.74, 6) is -0.150. The lowest BCUT2D eigenvalue weighted by atomic mass is 10.2. The summed E-state index contributed by atoms with van der Waals surface area (Å²) < 4.78 is 0. The van der Waals surface area contributed by atoms with Gasteiger partial charge in [-0.3, -0.25) is 4.79 Å². The van der Waals surface area contributed by atoms with E-state index in [1.807, 2.05) is 26.0 Å². The topological polar surface area (TPSA) is 29.1 Å². The van der Waals surface area contributed by atoms with Gasteiger partial charge in [-0.2, -0.15) is 0 Å². The Morgan fingerprint density at radius 1 is 1.38 bits per heavy atom. The summed E-state index contributed by atoms with van der Waals surface area (Å²) >= 11 is 5.82. The Labute approximate surface area is 101 Å². The molecular weight excluding hydrogens is 222 g/mol. The van der Waals surface area contributed by atoms with Crippen molar-refractivity contribution in [3.05, 3.63) is 53.1 Å². The van der Waals surface area contributed by atoms with Crippen molar-refractivity contribution in [2.24, 2.45) is 0 Å². The van der Waals surface area contributed by atoms with Crippen molar-refractivity contribution in [3.8, 4) is 0 Å². The number of carbonyl (C=O) groups is 1. The highest BCUT2D eigenvalue weighted by Crippen LogP contribution is 2.19. The Bertz CT molecular complexity index is 436. The molecule has 16 heavy (non-hydrogen) atoms. The van der Waals surface area contributed by atoms with E-state index >= 15 is 0 Å². The summed E-state index contributed by atoms with van der Waals surface area (Å²) in [7, 11) is 0. The van der Waals surface area contributed by atoms with Crippen molar-refractivity contribution >= 4 is 23.2 Å². The normalized spacial score (nSPS) is 11.2. The van der Waals surface area contributed by atoms with Crippen LogP contribution in [0.4, 0.5) is 5.69 Å². The van der Waals surface area contributed by atoms with Gasteiger partial charge in [0.1, 0.15) is 0 Å². The maximum absolute atomic E-state index is 11.5. The van der Waals surface area contributed by atoms with Gasteiger partial charge in [0.2, 0.25) is 5.91 Å². The Balaban J connectivity index is 2.70. The highest BCUT2D eigenvalue weighted by molar-refractivity contribution is 6.30. The van der Waals surface area contributed by atoms with Crippen LogP contribution in [0.3, 0.4) is 0 Å². The minimum Gasteiger partial charge on any atom is -0.322 e. The predicted octanol–water partition coefficient (Wildman–Crippen LogP) is 3.72. The average molecular weight is 236 g/mol. The summed E-state index contributed by atoms with van der Waals surface area (Å²) in [4.78, 5) is 11.5. The van der Waals surface area contributed by atoms with Crippen LogP contribution in [0.5, 0.6) is 0 Å². The molecule has 1 rings (SSSR count). The van der Waals surface area contributed by atoms with Crippen LogP contribution in [0.15, 0.2) is 42.5 Å². The van der Waals surface area contributed by atoms with Crippen LogP contribution in [-0.2, 0) is 4.79 Å². The van der Waals surface area contributed by atoms with Crippen LogP contribution < -0.4 is 5.32 Å². The molecule has 1 aromatic rings. The second-order valence-electron chi connectivity index (χ2n) is 3.33. The molecule has 0 radical (unpaired) electrons. The molecule has 0 aromatic heterocycles. The van der Waals surface area contributed by atoms with Gasteiger partial charge in [-0.25, -0.2) is 0 Å². The number of hydrogen-bond acceptors (Lipinski definition) is 1. The molecule has 0 fully saturated rings. The predicted molar refractivity (Wildman–Crippen MR) is 68.8 cm³/mol. The first-order valence-electron chi connectivity index (χ1n) is 5.00. The number of rotatable bonds is 3. The lowest BCUT2D eigenvalue weighted by Gasteiger charge is -2.06. The second kappa shape index (κ2) is 6.13. The Hall–Kier alpha value is -1.54. The number of aryl methyl sites for hydroxylation is 1. The van der Waals surface area contributed by atoms with E-state index in [1.165, 1.54) is 6.08 Å². The van der Waals surface area contributed by atoms with Crippen LogP contribution in [0.1, 0.15) is 12.5 Å². The van der Waals surface area contributed by atoms with Crippen LogP contribution in [0.25, 0.3) is 0 Å². The molecule has 0 aliphatic heterocycles. The molecule has 3 heteroatoms. The number of halogens is 1. The number of amides is 1. The van der Waals surface area contributed by atoms with Crippen molar-refractivity contribution in [2.45, 2.75) is 13.8 Å². The van der Waals surface area contributed by atoms with Crippen molar-refractivity contribution in [1.82, 2.24) is 0 Å². The van der Waals surface area contributed by atoms with E-state index in [2.05, 4.69) is 5.32 Å². The minimum absolute atomic E-state index is 0.150. The van der Waals surface area contributed by atoms with Gasteiger partial charge in [-0.05, 0) is 37.6 Å². The number of hydrogen-bond donors (Lipinski definition) is 1. The maximum atomic E-state index is 11.5. The van der Waals surface area contributed by atoms with Gasteiger partial charge in [0.25, 0.3) is 0 Å². The van der Waals surface area contributed by atoms with Gasteiger partial charge in [0.05, 0.1) is 0 Å². The minimum atomic E-state index is -0.150. The molecule has 0 heterocycles. The molecule has 0 spiro atoms. The van der Waals surface area contributed by atoms with E-state index in [4.69, 9.17) is 11.6 Å². The Morgan fingerprint density at radius 3 is 2.75 bits per heavy atom. The zero-order valence-corrected chi connectivity index (χ0v) is 10.1. The zero-order chi connectivity index (χ0) is 12.0. The number of benzene rings is 1. The highest BCUT2D eigenvalue weighted by Gasteiger charge is 2.01. The molecule has 2 nitrogen and oxygen atoms in total. The van der Waals surface area contributed by atoms with Gasteiger partial charge in [0.15, 0.2) is 0 Å². The monoisotopic (exact) mass is 235 g/mol. The molecule has 0 saturated carbocycles. The van der Waals surface area contributed by atoms with Crippen molar-refractivity contribution in [1.29, 1.82) is 0 Å². The van der Waals surface area contributed by atoms with E-state index in [9.17, 15) is 4.79 Å². The molecule has 84 valence electrons.